The van der Waals surface area contributed by atoms with Gasteiger partial charge in [0.15, 0.2) is 5.11 Å². The molecule has 0 atom stereocenters. The molecule has 0 saturated heterocycles. The van der Waals surface area contributed by atoms with Crippen molar-refractivity contribution in [2.24, 2.45) is 5.92 Å². The Morgan fingerprint density at radius 3 is 2.47 bits per heavy atom. The molecule has 2 nitrogen and oxygen atoms in total. The maximum absolute atomic E-state index is 12.6. The summed E-state index contributed by atoms with van der Waals surface area (Å²) in [6.45, 7) is 4.63. The fraction of sp³-hybridized carbons (Fsp3) is 0.417. The van der Waals surface area contributed by atoms with Crippen molar-refractivity contribution in [3.05, 3.63) is 28.8 Å². The highest BCUT2D eigenvalue weighted by Crippen LogP contribution is 2.33. The molecule has 0 saturated carbocycles. The van der Waals surface area contributed by atoms with E-state index in [1.807, 2.05) is 13.8 Å². The van der Waals surface area contributed by atoms with Gasteiger partial charge in [-0.3, -0.25) is 0 Å². The van der Waals surface area contributed by atoms with Crippen LogP contribution in [0.3, 0.4) is 0 Å². The molecule has 0 aliphatic rings. The molecule has 0 radical (unpaired) electrons. The first kappa shape index (κ1) is 16.0. The van der Waals surface area contributed by atoms with Crippen LogP contribution in [0.1, 0.15) is 19.4 Å². The lowest BCUT2D eigenvalue weighted by Gasteiger charge is -2.14. The van der Waals surface area contributed by atoms with Crippen LogP contribution in [0.25, 0.3) is 0 Å². The van der Waals surface area contributed by atoms with Gasteiger partial charge in [0.1, 0.15) is 0 Å². The van der Waals surface area contributed by atoms with Crippen LogP contribution in [0.5, 0.6) is 0 Å². The van der Waals surface area contributed by atoms with E-state index in [0.29, 0.717) is 12.5 Å². The minimum Gasteiger partial charge on any atom is -0.362 e. The molecule has 0 unspecified atom stereocenters. The maximum Gasteiger partial charge on any atom is 0.416 e. The molecule has 0 fully saturated rings. The lowest BCUT2D eigenvalue weighted by molar-refractivity contribution is -0.137. The molecule has 0 spiro atoms. The van der Waals surface area contributed by atoms with Crippen molar-refractivity contribution in [3.8, 4) is 0 Å². The van der Waals surface area contributed by atoms with Crippen molar-refractivity contribution in [1.82, 2.24) is 5.32 Å². The van der Waals surface area contributed by atoms with Crippen LogP contribution in [0.2, 0.25) is 5.02 Å². The van der Waals surface area contributed by atoms with E-state index in [1.54, 1.807) is 0 Å². The van der Waals surface area contributed by atoms with E-state index in [0.717, 1.165) is 12.1 Å². The van der Waals surface area contributed by atoms with Crippen LogP contribution in [-0.4, -0.2) is 11.7 Å². The summed E-state index contributed by atoms with van der Waals surface area (Å²) < 4.78 is 37.8. The first-order valence-corrected chi connectivity index (χ1v) is 6.39. The Morgan fingerprint density at radius 2 is 1.95 bits per heavy atom. The summed E-state index contributed by atoms with van der Waals surface area (Å²) in [4.78, 5) is 0. The van der Waals surface area contributed by atoms with Crippen LogP contribution in [0.15, 0.2) is 18.2 Å². The summed E-state index contributed by atoms with van der Waals surface area (Å²) in [6.07, 6.45) is -4.44. The second-order valence-electron chi connectivity index (χ2n) is 4.46. The molecule has 1 rings (SSSR count). The van der Waals surface area contributed by atoms with Gasteiger partial charge in [0, 0.05) is 17.3 Å². The number of alkyl halides is 3. The second kappa shape index (κ2) is 6.43. The van der Waals surface area contributed by atoms with E-state index in [-0.39, 0.29) is 15.8 Å². The van der Waals surface area contributed by atoms with Gasteiger partial charge in [-0.25, -0.2) is 0 Å². The largest absolute Gasteiger partial charge is 0.416 e. The van der Waals surface area contributed by atoms with E-state index < -0.39 is 11.7 Å². The molecule has 0 bridgehead atoms. The summed E-state index contributed by atoms with van der Waals surface area (Å²) in [7, 11) is 0. The van der Waals surface area contributed by atoms with E-state index in [4.69, 9.17) is 23.8 Å². The molecule has 1 aromatic carbocycles. The number of nitrogens with one attached hydrogen (secondary N) is 2. The number of rotatable bonds is 3. The van der Waals surface area contributed by atoms with Gasteiger partial charge in [-0.2, -0.15) is 13.2 Å². The Kier molecular flexibility index (Phi) is 5.43. The van der Waals surface area contributed by atoms with E-state index >= 15 is 0 Å². The van der Waals surface area contributed by atoms with Gasteiger partial charge in [-0.15, -0.1) is 0 Å². The van der Waals surface area contributed by atoms with Gasteiger partial charge in [0.25, 0.3) is 0 Å². The monoisotopic (exact) mass is 310 g/mol. The molecule has 0 aliphatic heterocycles. The Morgan fingerprint density at radius 1 is 1.32 bits per heavy atom. The van der Waals surface area contributed by atoms with Crippen molar-refractivity contribution >= 4 is 34.6 Å². The lowest BCUT2D eigenvalue weighted by Crippen LogP contribution is -2.31. The van der Waals surface area contributed by atoms with Gasteiger partial charge < -0.3 is 10.6 Å². The SMILES string of the molecule is CC(C)CNC(=S)Nc1cc(Cl)cc(C(F)(F)F)c1. The summed E-state index contributed by atoms with van der Waals surface area (Å²) >= 11 is 10.7. The first-order valence-electron chi connectivity index (χ1n) is 5.61. The summed E-state index contributed by atoms with van der Waals surface area (Å²) in [5.41, 5.74) is -0.602. The fourth-order valence-corrected chi connectivity index (χ4v) is 1.73. The van der Waals surface area contributed by atoms with Gasteiger partial charge >= 0.3 is 6.18 Å². The molecular weight excluding hydrogens is 297 g/mol. The average molecular weight is 311 g/mol. The Labute approximate surface area is 120 Å². The molecule has 7 heteroatoms. The Hall–Kier alpha value is -1.01. The smallest absolute Gasteiger partial charge is 0.362 e. The average Bonchev–Trinajstić information content (AvgIpc) is 2.24. The zero-order chi connectivity index (χ0) is 14.6. The van der Waals surface area contributed by atoms with Crippen molar-refractivity contribution in [3.63, 3.8) is 0 Å². The zero-order valence-electron chi connectivity index (χ0n) is 10.4. The predicted molar refractivity (Wildman–Crippen MR) is 75.5 cm³/mol. The molecule has 1 aromatic rings. The summed E-state index contributed by atoms with van der Waals surface area (Å²) in [5, 5.41) is 5.86. The van der Waals surface area contributed by atoms with Gasteiger partial charge in [-0.05, 0) is 36.3 Å². The molecule has 0 heterocycles. The third kappa shape index (κ3) is 5.65. The van der Waals surface area contributed by atoms with E-state index in [9.17, 15) is 13.2 Å². The topological polar surface area (TPSA) is 24.1 Å². The van der Waals surface area contributed by atoms with E-state index in [1.165, 1.54) is 6.07 Å². The van der Waals surface area contributed by atoms with Gasteiger partial charge in [0.05, 0.1) is 5.56 Å². The molecule has 0 aromatic heterocycles. The summed E-state index contributed by atoms with van der Waals surface area (Å²) in [6, 6.07) is 3.23. The van der Waals surface area contributed by atoms with Crippen molar-refractivity contribution in [2.75, 3.05) is 11.9 Å². The van der Waals surface area contributed by atoms with Crippen molar-refractivity contribution < 1.29 is 13.2 Å². The standard InChI is InChI=1S/C12H14ClF3N2S/c1-7(2)6-17-11(19)18-10-4-8(12(14,15)16)3-9(13)5-10/h3-5,7H,6H2,1-2H3,(H2,17,18,19). The highest BCUT2D eigenvalue weighted by molar-refractivity contribution is 7.80. The lowest BCUT2D eigenvalue weighted by atomic mass is 10.2. The molecular formula is C12H14ClF3N2S. The zero-order valence-corrected chi connectivity index (χ0v) is 12.0. The predicted octanol–water partition coefficient (Wildman–Crippen LogP) is 4.30. The van der Waals surface area contributed by atoms with Crippen LogP contribution in [-0.2, 0) is 6.18 Å². The van der Waals surface area contributed by atoms with Crippen LogP contribution >= 0.6 is 23.8 Å². The molecule has 19 heavy (non-hydrogen) atoms. The number of hydrogen-bond acceptors (Lipinski definition) is 1. The van der Waals surface area contributed by atoms with E-state index in [2.05, 4.69) is 10.6 Å². The number of benzene rings is 1. The normalized spacial score (nSPS) is 11.5. The molecule has 2 N–H and O–H groups in total. The maximum atomic E-state index is 12.6. The minimum absolute atomic E-state index is 0.00369. The van der Waals surface area contributed by atoms with Crippen LogP contribution < -0.4 is 10.6 Å². The third-order valence-electron chi connectivity index (χ3n) is 2.15. The highest BCUT2D eigenvalue weighted by atomic mass is 35.5. The first-order chi connectivity index (χ1) is 8.68. The Balaban J connectivity index is 2.79. The van der Waals surface area contributed by atoms with Crippen molar-refractivity contribution in [1.29, 1.82) is 0 Å². The second-order valence-corrected chi connectivity index (χ2v) is 5.30. The van der Waals surface area contributed by atoms with Gasteiger partial charge in [-0.1, -0.05) is 25.4 Å². The molecule has 0 amide bonds. The molecule has 106 valence electrons. The molecule has 0 aliphatic carbocycles. The third-order valence-corrected chi connectivity index (χ3v) is 2.62. The fourth-order valence-electron chi connectivity index (χ4n) is 1.30. The number of anilines is 1. The van der Waals surface area contributed by atoms with Crippen LogP contribution in [0.4, 0.5) is 18.9 Å². The Bertz CT molecular complexity index is 461. The quantitative estimate of drug-likeness (QED) is 0.814. The van der Waals surface area contributed by atoms with Crippen LogP contribution in [0, 0.1) is 5.92 Å². The van der Waals surface area contributed by atoms with Gasteiger partial charge in [0.2, 0.25) is 0 Å². The summed E-state index contributed by atoms with van der Waals surface area (Å²) in [5.74, 6) is 0.379. The highest BCUT2D eigenvalue weighted by Gasteiger charge is 2.31. The minimum atomic E-state index is -4.44. The number of halogens is 4. The van der Waals surface area contributed by atoms with Crippen molar-refractivity contribution in [2.45, 2.75) is 20.0 Å². The number of thiocarbonyl (C=S) groups is 1. The number of hydrogen-bond donors (Lipinski definition) is 2.